The van der Waals surface area contributed by atoms with Crippen LogP contribution in [0.2, 0.25) is 0 Å². The number of rotatable bonds is 5. The van der Waals surface area contributed by atoms with E-state index in [-0.39, 0.29) is 5.41 Å². The molecule has 0 amide bonds. The predicted octanol–water partition coefficient (Wildman–Crippen LogP) is 3.93. The Labute approximate surface area is 129 Å². The van der Waals surface area contributed by atoms with Crippen LogP contribution in [0.1, 0.15) is 77.4 Å². The first-order valence-corrected chi connectivity index (χ1v) is 8.43. The van der Waals surface area contributed by atoms with Gasteiger partial charge in [0.1, 0.15) is 0 Å². The fourth-order valence-corrected chi connectivity index (χ4v) is 3.36. The topological polar surface area (TPSA) is 51.0 Å². The Hall–Kier alpha value is -0.900. The van der Waals surface area contributed by atoms with Gasteiger partial charge in [-0.05, 0) is 44.1 Å². The van der Waals surface area contributed by atoms with E-state index in [1.54, 1.807) is 0 Å². The average molecular weight is 293 g/mol. The molecule has 0 aromatic carbocycles. The molecule has 1 saturated carbocycles. The standard InChI is InChI=1S/C17H31N3O/c1-6-12-7-9-13(10-8-12)16-19-15(21-20-16)11-14(18-5)17(2,3)4/h12-14,18H,6-11H2,1-5H3. The largest absolute Gasteiger partial charge is 0.339 e. The lowest BCUT2D eigenvalue weighted by Crippen LogP contribution is -2.39. The van der Waals surface area contributed by atoms with Crippen LogP contribution in [0.5, 0.6) is 0 Å². The van der Waals surface area contributed by atoms with E-state index in [1.807, 2.05) is 7.05 Å². The molecule has 1 aromatic rings. The van der Waals surface area contributed by atoms with Gasteiger partial charge in [0.25, 0.3) is 0 Å². The third-order valence-electron chi connectivity index (χ3n) is 5.05. The molecule has 1 fully saturated rings. The van der Waals surface area contributed by atoms with Gasteiger partial charge in [0, 0.05) is 18.4 Å². The van der Waals surface area contributed by atoms with Gasteiger partial charge < -0.3 is 9.84 Å². The van der Waals surface area contributed by atoms with Crippen LogP contribution in [-0.4, -0.2) is 23.2 Å². The molecule has 0 aliphatic heterocycles. The molecule has 0 saturated heterocycles. The maximum atomic E-state index is 5.50. The second-order valence-electron chi connectivity index (χ2n) is 7.58. The van der Waals surface area contributed by atoms with E-state index in [4.69, 9.17) is 4.52 Å². The molecule has 1 aliphatic carbocycles. The molecule has 120 valence electrons. The Morgan fingerprint density at radius 2 is 1.90 bits per heavy atom. The molecule has 1 aromatic heterocycles. The summed E-state index contributed by atoms with van der Waals surface area (Å²) < 4.78 is 5.50. The molecule has 21 heavy (non-hydrogen) atoms. The summed E-state index contributed by atoms with van der Waals surface area (Å²) in [6, 6.07) is 0.349. The van der Waals surface area contributed by atoms with Gasteiger partial charge in [-0.15, -0.1) is 0 Å². The van der Waals surface area contributed by atoms with Crippen molar-refractivity contribution < 1.29 is 4.52 Å². The molecule has 4 nitrogen and oxygen atoms in total. The number of aromatic nitrogens is 2. The van der Waals surface area contributed by atoms with Crippen molar-refractivity contribution in [3.8, 4) is 0 Å². The monoisotopic (exact) mass is 293 g/mol. The minimum absolute atomic E-state index is 0.183. The van der Waals surface area contributed by atoms with Gasteiger partial charge >= 0.3 is 0 Å². The lowest BCUT2D eigenvalue weighted by atomic mass is 9.80. The van der Waals surface area contributed by atoms with Crippen molar-refractivity contribution in [3.05, 3.63) is 11.7 Å². The molecule has 1 atom stereocenters. The van der Waals surface area contributed by atoms with Crippen LogP contribution in [0.3, 0.4) is 0 Å². The van der Waals surface area contributed by atoms with Crippen LogP contribution in [0.4, 0.5) is 0 Å². The molecule has 1 unspecified atom stereocenters. The summed E-state index contributed by atoms with van der Waals surface area (Å²) in [5, 5.41) is 7.61. The van der Waals surface area contributed by atoms with Crippen LogP contribution in [0.15, 0.2) is 4.52 Å². The molecule has 0 spiro atoms. The quantitative estimate of drug-likeness (QED) is 0.893. The summed E-state index contributed by atoms with van der Waals surface area (Å²) in [6.07, 6.45) is 7.16. The fourth-order valence-electron chi connectivity index (χ4n) is 3.36. The minimum atomic E-state index is 0.183. The Bertz CT molecular complexity index is 427. The first kappa shape index (κ1) is 16.5. The highest BCUT2D eigenvalue weighted by Crippen LogP contribution is 2.35. The summed E-state index contributed by atoms with van der Waals surface area (Å²) in [5.74, 6) is 3.12. The van der Waals surface area contributed by atoms with E-state index in [2.05, 4.69) is 43.2 Å². The molecule has 1 heterocycles. The van der Waals surface area contributed by atoms with Gasteiger partial charge in [-0.25, -0.2) is 0 Å². The second-order valence-corrected chi connectivity index (χ2v) is 7.58. The van der Waals surface area contributed by atoms with Crippen LogP contribution in [-0.2, 0) is 6.42 Å². The van der Waals surface area contributed by atoms with Crippen molar-refractivity contribution in [3.63, 3.8) is 0 Å². The van der Waals surface area contributed by atoms with Crippen molar-refractivity contribution in [2.75, 3.05) is 7.05 Å². The number of nitrogens with one attached hydrogen (secondary N) is 1. The highest BCUT2D eigenvalue weighted by molar-refractivity contribution is 4.99. The summed E-state index contributed by atoms with van der Waals surface area (Å²) in [7, 11) is 2.00. The third-order valence-corrected chi connectivity index (χ3v) is 5.05. The summed E-state index contributed by atoms with van der Waals surface area (Å²) in [4.78, 5) is 4.67. The predicted molar refractivity (Wildman–Crippen MR) is 85.3 cm³/mol. The SMILES string of the molecule is CCC1CCC(c2noc(CC(NC)C(C)(C)C)n2)CC1. The lowest BCUT2D eigenvalue weighted by molar-refractivity contribution is 0.254. The second kappa shape index (κ2) is 6.91. The fraction of sp³-hybridized carbons (Fsp3) is 0.882. The van der Waals surface area contributed by atoms with E-state index in [0.29, 0.717) is 12.0 Å². The van der Waals surface area contributed by atoms with Gasteiger partial charge in [0.15, 0.2) is 5.82 Å². The molecule has 1 aliphatic rings. The van der Waals surface area contributed by atoms with Gasteiger partial charge in [0.2, 0.25) is 5.89 Å². The number of nitrogens with zero attached hydrogens (tertiary/aromatic N) is 2. The Morgan fingerprint density at radius 1 is 1.24 bits per heavy atom. The zero-order chi connectivity index (χ0) is 15.5. The Morgan fingerprint density at radius 3 is 2.43 bits per heavy atom. The molecule has 0 bridgehead atoms. The number of likely N-dealkylation sites (N-methyl/N-ethyl adjacent to an activating group) is 1. The van der Waals surface area contributed by atoms with E-state index < -0.39 is 0 Å². The zero-order valence-electron chi connectivity index (χ0n) is 14.3. The average Bonchev–Trinajstić information content (AvgIpc) is 2.92. The van der Waals surface area contributed by atoms with Crippen molar-refractivity contribution in [1.29, 1.82) is 0 Å². The zero-order valence-corrected chi connectivity index (χ0v) is 14.3. The number of hydrogen-bond acceptors (Lipinski definition) is 4. The van der Waals surface area contributed by atoms with Crippen LogP contribution >= 0.6 is 0 Å². The normalized spacial score (nSPS) is 25.0. The van der Waals surface area contributed by atoms with Crippen molar-refractivity contribution >= 4 is 0 Å². The summed E-state index contributed by atoms with van der Waals surface area (Å²) >= 11 is 0. The smallest absolute Gasteiger partial charge is 0.228 e. The van der Waals surface area contributed by atoms with E-state index in [0.717, 1.165) is 24.1 Å². The highest BCUT2D eigenvalue weighted by Gasteiger charge is 2.28. The van der Waals surface area contributed by atoms with Gasteiger partial charge in [0.05, 0.1) is 0 Å². The van der Waals surface area contributed by atoms with E-state index in [9.17, 15) is 0 Å². The van der Waals surface area contributed by atoms with Gasteiger partial charge in [-0.3, -0.25) is 0 Å². The number of hydrogen-bond donors (Lipinski definition) is 1. The maximum Gasteiger partial charge on any atom is 0.228 e. The van der Waals surface area contributed by atoms with E-state index in [1.165, 1.54) is 32.1 Å². The molecular formula is C17H31N3O. The highest BCUT2D eigenvalue weighted by atomic mass is 16.5. The maximum absolute atomic E-state index is 5.50. The van der Waals surface area contributed by atoms with Crippen LogP contribution in [0, 0.1) is 11.3 Å². The van der Waals surface area contributed by atoms with Gasteiger partial charge in [-0.1, -0.05) is 39.3 Å². The van der Waals surface area contributed by atoms with Crippen LogP contribution < -0.4 is 5.32 Å². The minimum Gasteiger partial charge on any atom is -0.339 e. The summed E-state index contributed by atoms with van der Waals surface area (Å²) in [5.41, 5.74) is 0.183. The molecule has 2 rings (SSSR count). The molecule has 0 radical (unpaired) electrons. The molecule has 4 heteroatoms. The summed E-state index contributed by atoms with van der Waals surface area (Å²) in [6.45, 7) is 8.99. The Balaban J connectivity index is 1.95. The third kappa shape index (κ3) is 4.29. The van der Waals surface area contributed by atoms with Crippen LogP contribution in [0.25, 0.3) is 0 Å². The Kier molecular flexibility index (Phi) is 5.42. The van der Waals surface area contributed by atoms with Crippen molar-refractivity contribution in [2.24, 2.45) is 11.3 Å². The van der Waals surface area contributed by atoms with Gasteiger partial charge in [-0.2, -0.15) is 4.98 Å². The first-order chi connectivity index (χ1) is 9.94. The van der Waals surface area contributed by atoms with E-state index >= 15 is 0 Å². The van der Waals surface area contributed by atoms with Crippen molar-refractivity contribution in [1.82, 2.24) is 15.5 Å². The lowest BCUT2D eigenvalue weighted by Gasteiger charge is -2.29. The molecule has 1 N–H and O–H groups in total. The van der Waals surface area contributed by atoms with Crippen molar-refractivity contribution in [2.45, 2.75) is 78.2 Å². The first-order valence-electron chi connectivity index (χ1n) is 8.43. The molecular weight excluding hydrogens is 262 g/mol.